The summed E-state index contributed by atoms with van der Waals surface area (Å²) in [7, 11) is 0. The summed E-state index contributed by atoms with van der Waals surface area (Å²) in [6.07, 6.45) is -6.98. The van der Waals surface area contributed by atoms with Crippen LogP contribution in [0.3, 0.4) is 0 Å². The number of hydrogen-bond donors (Lipinski definition) is 14. The SMILES string of the molecule is O=C(O[C@H]1Cc2c(O)cc(O)c(C3c4c(O)cc(O)cc4O[C@H](c4ccc(O)c(O)c4)[C@@H]3OC(=O)c3cc(O)c(O)c(O)c3)c2O[C@@H]1c1ccc(O)c(O)c1)c1cc(O)c(O)c(O)c1. The van der Waals surface area contributed by atoms with Gasteiger partial charge in [-0.25, -0.2) is 9.59 Å². The van der Waals surface area contributed by atoms with E-state index in [9.17, 15) is 81.1 Å². The molecule has 14 N–H and O–H groups in total. The van der Waals surface area contributed by atoms with Crippen molar-refractivity contribution in [3.05, 3.63) is 118 Å². The predicted octanol–water partition coefficient (Wildman–Crippen LogP) is 4.96. The van der Waals surface area contributed by atoms with Gasteiger partial charge in [0.1, 0.15) is 40.6 Å². The van der Waals surface area contributed by atoms with Crippen LogP contribution in [0.15, 0.2) is 78.9 Å². The minimum atomic E-state index is -1.85. The van der Waals surface area contributed by atoms with E-state index in [4.69, 9.17) is 18.9 Å². The van der Waals surface area contributed by atoms with Crippen molar-refractivity contribution < 1.29 is 100 Å². The molecule has 2 aliphatic heterocycles. The van der Waals surface area contributed by atoms with Crippen LogP contribution in [0.25, 0.3) is 0 Å². The molecule has 0 saturated carbocycles. The van der Waals surface area contributed by atoms with Crippen LogP contribution < -0.4 is 9.47 Å². The Morgan fingerprint density at radius 1 is 0.469 bits per heavy atom. The van der Waals surface area contributed by atoms with E-state index in [1.165, 1.54) is 12.1 Å². The smallest absolute Gasteiger partial charge is 0.338 e. The molecular weight excluding hydrogens is 848 g/mol. The number of phenolic OH excluding ortho intramolecular Hbond substituents is 14. The number of esters is 2. The molecule has 8 rings (SSSR count). The minimum absolute atomic E-state index is 0.0106. The fourth-order valence-electron chi connectivity index (χ4n) is 7.74. The van der Waals surface area contributed by atoms with Gasteiger partial charge in [0.2, 0.25) is 0 Å². The Morgan fingerprint density at radius 3 is 1.50 bits per heavy atom. The second kappa shape index (κ2) is 15.5. The van der Waals surface area contributed by atoms with E-state index < -0.39 is 146 Å². The normalized spacial score (nSPS) is 18.7. The largest absolute Gasteiger partial charge is 0.508 e. The van der Waals surface area contributed by atoms with E-state index >= 15 is 0 Å². The van der Waals surface area contributed by atoms with Crippen LogP contribution in [0.2, 0.25) is 0 Å². The van der Waals surface area contributed by atoms with E-state index in [0.29, 0.717) is 0 Å². The Kier molecular flexibility index (Phi) is 10.1. The topological polar surface area (TPSA) is 354 Å². The van der Waals surface area contributed by atoms with Crippen molar-refractivity contribution in [1.29, 1.82) is 0 Å². The van der Waals surface area contributed by atoms with E-state index in [1.54, 1.807) is 0 Å². The molecule has 330 valence electrons. The number of hydrogen-bond acceptors (Lipinski definition) is 20. The van der Waals surface area contributed by atoms with Gasteiger partial charge in [-0.2, -0.15) is 0 Å². The molecule has 0 aromatic heterocycles. The lowest BCUT2D eigenvalue weighted by Gasteiger charge is -2.42. The van der Waals surface area contributed by atoms with Gasteiger partial charge in [-0.15, -0.1) is 0 Å². The minimum Gasteiger partial charge on any atom is -0.508 e. The summed E-state index contributed by atoms with van der Waals surface area (Å²) in [4.78, 5) is 27.6. The molecule has 2 aliphatic rings. The summed E-state index contributed by atoms with van der Waals surface area (Å²) in [6, 6.07) is 12.6. The molecule has 6 aromatic rings. The van der Waals surface area contributed by atoms with Gasteiger partial charge in [-0.1, -0.05) is 12.1 Å². The zero-order valence-electron chi connectivity index (χ0n) is 32.3. The summed E-state index contributed by atoms with van der Waals surface area (Å²) in [5.74, 6) is -15.6. The number of carbonyl (C=O) groups is 2. The summed E-state index contributed by atoms with van der Waals surface area (Å²) >= 11 is 0. The molecule has 20 nitrogen and oxygen atoms in total. The Balaban J connectivity index is 1.34. The van der Waals surface area contributed by atoms with Gasteiger partial charge in [-0.3, -0.25) is 0 Å². The number of rotatable bonds is 7. The quantitative estimate of drug-likeness (QED) is 0.0744. The molecule has 0 spiro atoms. The van der Waals surface area contributed by atoms with Crippen LogP contribution in [-0.2, 0) is 15.9 Å². The maximum Gasteiger partial charge on any atom is 0.338 e. The highest BCUT2D eigenvalue weighted by Gasteiger charge is 2.49. The van der Waals surface area contributed by atoms with Crippen LogP contribution >= 0.6 is 0 Å². The average molecular weight is 883 g/mol. The maximum atomic E-state index is 14.1. The monoisotopic (exact) mass is 882 g/mol. The first-order valence-electron chi connectivity index (χ1n) is 18.7. The Morgan fingerprint density at radius 2 is 0.969 bits per heavy atom. The Hall–Kier alpha value is -8.94. The molecular formula is C44H34O20. The molecule has 0 bridgehead atoms. The third kappa shape index (κ3) is 7.23. The van der Waals surface area contributed by atoms with Crippen molar-refractivity contribution in [3.8, 4) is 92.0 Å². The molecule has 20 heteroatoms. The first-order valence-corrected chi connectivity index (χ1v) is 18.7. The van der Waals surface area contributed by atoms with Gasteiger partial charge < -0.3 is 90.4 Å². The number of ether oxygens (including phenoxy) is 4. The predicted molar refractivity (Wildman–Crippen MR) is 213 cm³/mol. The fourth-order valence-corrected chi connectivity index (χ4v) is 7.74. The molecule has 0 fully saturated rings. The first-order chi connectivity index (χ1) is 30.3. The molecule has 0 amide bonds. The Labute approximate surface area is 358 Å². The standard InChI is InChI=1S/C44H34O20/c45-19-11-26(51)34-32(12-19)61-40(16-2-4-22(47)25(50)6-16)42(64-44(60)18-9-30(55)38(58)31(56)10-18)36(34)35-27(52)14-23(48)20-13-33(62-43(59)17-7-28(53)37(57)29(54)8-17)39(63-41(20)35)15-1-3-21(46)24(49)5-15/h1-12,14,33,36,39-40,42,45-58H,13H2/t33-,36?,39+,40+,42+/m0/s1. The lowest BCUT2D eigenvalue weighted by Crippen LogP contribution is -2.40. The fraction of sp³-hybridized carbons (Fsp3) is 0.136. The van der Waals surface area contributed by atoms with Gasteiger partial charge in [0.25, 0.3) is 0 Å². The van der Waals surface area contributed by atoms with E-state index in [1.807, 2.05) is 0 Å². The van der Waals surface area contributed by atoms with E-state index in [-0.39, 0.29) is 33.6 Å². The van der Waals surface area contributed by atoms with Gasteiger partial charge in [0.15, 0.2) is 75.8 Å². The third-order valence-corrected chi connectivity index (χ3v) is 10.7. The van der Waals surface area contributed by atoms with Gasteiger partial charge >= 0.3 is 11.9 Å². The van der Waals surface area contributed by atoms with Crippen molar-refractivity contribution in [2.45, 2.75) is 36.8 Å². The van der Waals surface area contributed by atoms with Crippen molar-refractivity contribution in [2.75, 3.05) is 0 Å². The summed E-state index contributed by atoms with van der Waals surface area (Å²) < 4.78 is 24.6. The summed E-state index contributed by atoms with van der Waals surface area (Å²) in [6.45, 7) is 0. The van der Waals surface area contributed by atoms with Crippen LogP contribution in [0.4, 0.5) is 0 Å². The second-order valence-electron chi connectivity index (χ2n) is 14.8. The molecule has 5 atom stereocenters. The number of aromatic hydroxyl groups is 14. The molecule has 0 saturated heterocycles. The Bertz CT molecular complexity index is 2860. The van der Waals surface area contributed by atoms with Crippen LogP contribution in [-0.4, -0.2) is 95.6 Å². The lowest BCUT2D eigenvalue weighted by atomic mass is 9.77. The summed E-state index contributed by atoms with van der Waals surface area (Å²) in [5, 5.41) is 147. The van der Waals surface area contributed by atoms with Gasteiger partial charge in [0, 0.05) is 52.4 Å². The molecule has 2 heterocycles. The zero-order chi connectivity index (χ0) is 46.0. The number of benzene rings is 6. The number of carbonyl (C=O) groups excluding carboxylic acids is 2. The van der Waals surface area contributed by atoms with Crippen LogP contribution in [0.5, 0.6) is 92.0 Å². The average Bonchev–Trinajstić information content (AvgIpc) is 3.23. The molecule has 6 aromatic carbocycles. The highest BCUT2D eigenvalue weighted by atomic mass is 16.6. The van der Waals surface area contributed by atoms with Crippen molar-refractivity contribution in [3.63, 3.8) is 0 Å². The first kappa shape index (κ1) is 41.8. The molecule has 64 heavy (non-hydrogen) atoms. The highest BCUT2D eigenvalue weighted by molar-refractivity contribution is 5.92. The maximum absolute atomic E-state index is 14.1. The third-order valence-electron chi connectivity index (χ3n) is 10.7. The van der Waals surface area contributed by atoms with Gasteiger partial charge in [-0.05, 0) is 48.5 Å². The highest BCUT2D eigenvalue weighted by Crippen LogP contribution is 2.58. The lowest BCUT2D eigenvalue weighted by molar-refractivity contribution is -0.0303. The van der Waals surface area contributed by atoms with Crippen molar-refractivity contribution in [1.82, 2.24) is 0 Å². The van der Waals surface area contributed by atoms with E-state index in [0.717, 1.165) is 66.7 Å². The van der Waals surface area contributed by atoms with Crippen LogP contribution in [0.1, 0.15) is 66.7 Å². The van der Waals surface area contributed by atoms with Crippen LogP contribution in [0, 0.1) is 0 Å². The molecule has 0 radical (unpaired) electrons. The van der Waals surface area contributed by atoms with Gasteiger partial charge in [0.05, 0.1) is 17.0 Å². The molecule has 0 aliphatic carbocycles. The van der Waals surface area contributed by atoms with E-state index in [2.05, 4.69) is 0 Å². The number of fused-ring (bicyclic) bond motifs is 2. The zero-order valence-corrected chi connectivity index (χ0v) is 32.3. The number of phenols is 14. The van der Waals surface area contributed by atoms with Crippen molar-refractivity contribution in [2.24, 2.45) is 0 Å². The molecule has 1 unspecified atom stereocenters. The van der Waals surface area contributed by atoms with Crippen molar-refractivity contribution >= 4 is 11.9 Å². The summed E-state index contributed by atoms with van der Waals surface area (Å²) in [5.41, 5.74) is -1.85. The second-order valence-corrected chi connectivity index (χ2v) is 14.8.